The summed E-state index contributed by atoms with van der Waals surface area (Å²) in [5.74, 6) is 0. The minimum absolute atomic E-state index is 0.0470. The summed E-state index contributed by atoms with van der Waals surface area (Å²) in [6.45, 7) is 0.567. The van der Waals surface area contributed by atoms with Gasteiger partial charge in [-0.3, -0.25) is 4.79 Å². The SMILES string of the molecule is Cn1c(=O)ccc2nc(CCN)cn21. The molecule has 0 saturated heterocycles. The lowest BCUT2D eigenvalue weighted by Crippen LogP contribution is -2.20. The monoisotopic (exact) mass is 192 g/mol. The van der Waals surface area contributed by atoms with Gasteiger partial charge in [0.05, 0.1) is 11.9 Å². The van der Waals surface area contributed by atoms with E-state index in [-0.39, 0.29) is 5.56 Å². The molecule has 74 valence electrons. The van der Waals surface area contributed by atoms with E-state index in [0.29, 0.717) is 6.54 Å². The van der Waals surface area contributed by atoms with Crippen molar-refractivity contribution in [3.63, 3.8) is 0 Å². The van der Waals surface area contributed by atoms with Gasteiger partial charge in [-0.05, 0) is 12.6 Å². The molecule has 5 heteroatoms. The fourth-order valence-electron chi connectivity index (χ4n) is 1.42. The number of aromatic nitrogens is 3. The van der Waals surface area contributed by atoms with E-state index in [0.717, 1.165) is 17.8 Å². The first kappa shape index (κ1) is 8.96. The smallest absolute Gasteiger partial charge is 0.265 e. The van der Waals surface area contributed by atoms with E-state index < -0.39 is 0 Å². The van der Waals surface area contributed by atoms with Crippen molar-refractivity contribution in [2.75, 3.05) is 6.54 Å². The molecule has 2 heterocycles. The number of imidazole rings is 1. The van der Waals surface area contributed by atoms with Gasteiger partial charge in [-0.25, -0.2) is 14.2 Å². The molecular weight excluding hydrogens is 180 g/mol. The second-order valence-electron chi connectivity index (χ2n) is 3.17. The Morgan fingerprint density at radius 2 is 2.29 bits per heavy atom. The van der Waals surface area contributed by atoms with Crippen LogP contribution in [-0.4, -0.2) is 20.7 Å². The summed E-state index contributed by atoms with van der Waals surface area (Å²) in [6, 6.07) is 3.22. The lowest BCUT2D eigenvalue weighted by molar-refractivity contribution is 0.658. The average Bonchev–Trinajstić information content (AvgIpc) is 2.56. The zero-order chi connectivity index (χ0) is 10.1. The first-order chi connectivity index (χ1) is 6.72. The van der Waals surface area contributed by atoms with E-state index in [4.69, 9.17) is 5.73 Å². The third kappa shape index (κ3) is 1.31. The number of aryl methyl sites for hydroxylation is 1. The van der Waals surface area contributed by atoms with E-state index in [9.17, 15) is 4.79 Å². The van der Waals surface area contributed by atoms with Crippen LogP contribution in [0, 0.1) is 0 Å². The largest absolute Gasteiger partial charge is 0.330 e. The highest BCUT2D eigenvalue weighted by atomic mass is 16.1. The van der Waals surface area contributed by atoms with Gasteiger partial charge >= 0.3 is 0 Å². The number of hydrogen-bond acceptors (Lipinski definition) is 3. The molecule has 2 aromatic heterocycles. The van der Waals surface area contributed by atoms with E-state index in [1.165, 1.54) is 10.7 Å². The second-order valence-corrected chi connectivity index (χ2v) is 3.17. The van der Waals surface area contributed by atoms with Gasteiger partial charge < -0.3 is 5.73 Å². The van der Waals surface area contributed by atoms with Crippen LogP contribution in [-0.2, 0) is 13.5 Å². The molecule has 2 rings (SSSR count). The molecule has 0 aliphatic carbocycles. The molecule has 2 aromatic rings. The summed E-state index contributed by atoms with van der Waals surface area (Å²) < 4.78 is 3.25. The first-order valence-corrected chi connectivity index (χ1v) is 4.47. The molecule has 0 atom stereocenters. The number of hydrogen-bond donors (Lipinski definition) is 1. The quantitative estimate of drug-likeness (QED) is 0.699. The fraction of sp³-hybridized carbons (Fsp3) is 0.333. The summed E-state index contributed by atoms with van der Waals surface area (Å²) in [5.41, 5.74) is 7.07. The van der Waals surface area contributed by atoms with Crippen LogP contribution in [0.3, 0.4) is 0 Å². The number of fused-ring (bicyclic) bond motifs is 1. The molecular formula is C9H12N4O. The Balaban J connectivity index is 2.65. The molecule has 0 amide bonds. The van der Waals surface area contributed by atoms with Gasteiger partial charge in [0.2, 0.25) is 0 Å². The van der Waals surface area contributed by atoms with Gasteiger partial charge in [-0.1, -0.05) is 0 Å². The van der Waals surface area contributed by atoms with Gasteiger partial charge in [0.25, 0.3) is 5.56 Å². The van der Waals surface area contributed by atoms with Crippen molar-refractivity contribution in [2.24, 2.45) is 12.8 Å². The predicted molar refractivity (Wildman–Crippen MR) is 53.2 cm³/mol. The van der Waals surface area contributed by atoms with Crippen molar-refractivity contribution in [3.05, 3.63) is 34.4 Å². The lowest BCUT2D eigenvalue weighted by Gasteiger charge is -1.99. The molecule has 0 unspecified atom stereocenters. The molecule has 0 aliphatic rings. The summed E-state index contributed by atoms with van der Waals surface area (Å²) in [6.07, 6.45) is 2.57. The third-order valence-electron chi connectivity index (χ3n) is 2.18. The van der Waals surface area contributed by atoms with Crippen molar-refractivity contribution in [3.8, 4) is 0 Å². The van der Waals surface area contributed by atoms with Crippen LogP contribution in [0.15, 0.2) is 23.1 Å². The van der Waals surface area contributed by atoms with Crippen molar-refractivity contribution in [2.45, 2.75) is 6.42 Å². The lowest BCUT2D eigenvalue weighted by atomic mass is 10.3. The fourth-order valence-corrected chi connectivity index (χ4v) is 1.42. The minimum atomic E-state index is -0.0470. The molecule has 0 bridgehead atoms. The van der Waals surface area contributed by atoms with Gasteiger partial charge in [0.1, 0.15) is 0 Å². The van der Waals surface area contributed by atoms with Crippen LogP contribution in [0.25, 0.3) is 5.65 Å². The van der Waals surface area contributed by atoms with Gasteiger partial charge in [-0.2, -0.15) is 0 Å². The van der Waals surface area contributed by atoms with Crippen LogP contribution in [0.4, 0.5) is 0 Å². The summed E-state index contributed by atoms with van der Waals surface area (Å²) in [4.78, 5) is 15.6. The van der Waals surface area contributed by atoms with Crippen LogP contribution in [0.1, 0.15) is 5.69 Å². The van der Waals surface area contributed by atoms with E-state index in [2.05, 4.69) is 4.98 Å². The summed E-state index contributed by atoms with van der Waals surface area (Å²) in [7, 11) is 1.71. The topological polar surface area (TPSA) is 65.3 Å². The zero-order valence-corrected chi connectivity index (χ0v) is 7.97. The molecule has 5 nitrogen and oxygen atoms in total. The summed E-state index contributed by atoms with van der Waals surface area (Å²) in [5, 5.41) is 0. The minimum Gasteiger partial charge on any atom is -0.330 e. The van der Waals surface area contributed by atoms with E-state index in [1.54, 1.807) is 17.6 Å². The standard InChI is InChI=1S/C9H12N4O/c1-12-9(14)3-2-8-11-7(4-5-10)6-13(8)12/h2-3,6H,4-5,10H2,1H3. The van der Waals surface area contributed by atoms with Crippen molar-refractivity contribution < 1.29 is 0 Å². The van der Waals surface area contributed by atoms with E-state index >= 15 is 0 Å². The highest BCUT2D eigenvalue weighted by Gasteiger charge is 2.02. The Morgan fingerprint density at radius 3 is 3.00 bits per heavy atom. The molecule has 0 radical (unpaired) electrons. The Bertz CT molecular complexity index is 511. The zero-order valence-electron chi connectivity index (χ0n) is 7.97. The Kier molecular flexibility index (Phi) is 2.09. The van der Waals surface area contributed by atoms with Gasteiger partial charge in [0.15, 0.2) is 5.65 Å². The molecule has 14 heavy (non-hydrogen) atoms. The maximum absolute atomic E-state index is 11.3. The van der Waals surface area contributed by atoms with Crippen molar-refractivity contribution >= 4 is 5.65 Å². The number of nitrogens with zero attached hydrogens (tertiary/aromatic N) is 3. The summed E-state index contributed by atoms with van der Waals surface area (Å²) >= 11 is 0. The number of nitrogens with two attached hydrogens (primary N) is 1. The molecule has 0 aliphatic heterocycles. The van der Waals surface area contributed by atoms with Crippen LogP contribution in [0.5, 0.6) is 0 Å². The average molecular weight is 192 g/mol. The van der Waals surface area contributed by atoms with Crippen LogP contribution in [0.2, 0.25) is 0 Å². The molecule has 2 N–H and O–H groups in total. The van der Waals surface area contributed by atoms with Crippen molar-refractivity contribution in [1.29, 1.82) is 0 Å². The molecule has 0 saturated carbocycles. The van der Waals surface area contributed by atoms with Crippen molar-refractivity contribution in [1.82, 2.24) is 14.2 Å². The predicted octanol–water partition coefficient (Wildman–Crippen LogP) is -0.466. The highest BCUT2D eigenvalue weighted by Crippen LogP contribution is 2.02. The van der Waals surface area contributed by atoms with Gasteiger partial charge in [-0.15, -0.1) is 0 Å². The number of rotatable bonds is 2. The highest BCUT2D eigenvalue weighted by molar-refractivity contribution is 5.37. The normalized spacial score (nSPS) is 11.0. The third-order valence-corrected chi connectivity index (χ3v) is 2.18. The Morgan fingerprint density at radius 1 is 1.50 bits per heavy atom. The second kappa shape index (κ2) is 3.26. The molecule has 0 fully saturated rings. The van der Waals surface area contributed by atoms with E-state index in [1.807, 2.05) is 6.20 Å². The maximum Gasteiger partial charge on any atom is 0.265 e. The van der Waals surface area contributed by atoms with Crippen LogP contribution >= 0.6 is 0 Å². The first-order valence-electron chi connectivity index (χ1n) is 4.47. The maximum atomic E-state index is 11.3. The Hall–Kier alpha value is -1.62. The molecule has 0 aromatic carbocycles. The molecule has 0 spiro atoms. The van der Waals surface area contributed by atoms with Gasteiger partial charge in [0, 0.05) is 19.5 Å². The Labute approximate surface area is 80.8 Å². The van der Waals surface area contributed by atoms with Crippen LogP contribution < -0.4 is 11.3 Å².